The highest BCUT2D eigenvalue weighted by Gasteiger charge is 2.38. The number of carbonyl (C=O) groups is 1. The van der Waals surface area contributed by atoms with E-state index in [0.29, 0.717) is 13.0 Å². The maximum atomic E-state index is 13.7. The minimum atomic E-state index is -4.62. The highest BCUT2D eigenvalue weighted by atomic mass is 19.4. The fraction of sp³-hybridized carbons (Fsp3) is 0.529. The van der Waals surface area contributed by atoms with Crippen LogP contribution in [0, 0.1) is 0 Å². The van der Waals surface area contributed by atoms with Crippen molar-refractivity contribution in [1.82, 2.24) is 9.97 Å². The smallest absolute Gasteiger partial charge is 0.381 e. The first-order chi connectivity index (χ1) is 12.5. The van der Waals surface area contributed by atoms with Gasteiger partial charge in [0.15, 0.2) is 0 Å². The molecule has 0 radical (unpaired) electrons. The van der Waals surface area contributed by atoms with Gasteiger partial charge >= 0.3 is 6.18 Å². The van der Waals surface area contributed by atoms with Crippen molar-refractivity contribution < 1.29 is 23.1 Å². The molecule has 0 unspecified atom stereocenters. The minimum absolute atomic E-state index is 0.0602. The Hall–Kier alpha value is -2.33. The molecule has 5 N–H and O–H groups in total. The number of alkyl halides is 3. The molecule has 148 valence electrons. The van der Waals surface area contributed by atoms with E-state index in [0.717, 1.165) is 12.6 Å². The number of nitrogens with one attached hydrogen (secondary N) is 2. The number of H-pyrrole nitrogens is 1. The van der Waals surface area contributed by atoms with Crippen molar-refractivity contribution in [3.8, 4) is 0 Å². The van der Waals surface area contributed by atoms with Crippen LogP contribution in [-0.4, -0.2) is 45.7 Å². The van der Waals surface area contributed by atoms with Gasteiger partial charge in [-0.3, -0.25) is 4.79 Å². The summed E-state index contributed by atoms with van der Waals surface area (Å²) >= 11 is 0. The number of aliphatic hydroxyl groups is 1. The molecule has 0 spiro atoms. The molecule has 1 amide bonds. The van der Waals surface area contributed by atoms with E-state index in [4.69, 9.17) is 5.73 Å². The second kappa shape index (κ2) is 6.68. The molecule has 1 saturated heterocycles. The van der Waals surface area contributed by atoms with Gasteiger partial charge in [0.1, 0.15) is 11.2 Å². The third-order valence-corrected chi connectivity index (χ3v) is 4.56. The summed E-state index contributed by atoms with van der Waals surface area (Å²) in [4.78, 5) is 20.4. The average Bonchev–Trinajstić information content (AvgIpc) is 2.95. The Kier molecular flexibility index (Phi) is 4.81. The van der Waals surface area contributed by atoms with Gasteiger partial charge in [-0.15, -0.1) is 0 Å². The number of nitrogens with zero attached hydrogens (tertiary/aromatic N) is 2. The molecule has 0 aromatic carbocycles. The van der Waals surface area contributed by atoms with Crippen LogP contribution in [0.25, 0.3) is 11.0 Å². The van der Waals surface area contributed by atoms with E-state index < -0.39 is 23.2 Å². The van der Waals surface area contributed by atoms with E-state index >= 15 is 0 Å². The molecule has 10 heteroatoms. The summed E-state index contributed by atoms with van der Waals surface area (Å²) < 4.78 is 41.0. The molecule has 27 heavy (non-hydrogen) atoms. The van der Waals surface area contributed by atoms with Crippen molar-refractivity contribution >= 4 is 28.3 Å². The summed E-state index contributed by atoms with van der Waals surface area (Å²) in [6.45, 7) is 3.27. The molecule has 0 bridgehead atoms. The van der Waals surface area contributed by atoms with E-state index in [1.165, 1.54) is 20.0 Å². The average molecular weight is 385 g/mol. The summed E-state index contributed by atoms with van der Waals surface area (Å²) in [6, 6.07) is -0.239. The Balaban J connectivity index is 2.18. The SMILES string of the molecule is CC(C)(O)C(=O)Nc1c[nH]c2ncc(C(F)(F)F)c(N3CCC[C@@H](N)C3)c12. The van der Waals surface area contributed by atoms with Crippen LogP contribution >= 0.6 is 0 Å². The number of carbonyl (C=O) groups excluding carboxylic acids is 1. The van der Waals surface area contributed by atoms with Gasteiger partial charge in [0.25, 0.3) is 5.91 Å². The first-order valence-corrected chi connectivity index (χ1v) is 8.60. The topological polar surface area (TPSA) is 107 Å². The van der Waals surface area contributed by atoms with E-state index in [1.54, 1.807) is 4.90 Å². The number of halogens is 3. The maximum absolute atomic E-state index is 13.7. The van der Waals surface area contributed by atoms with Crippen molar-refractivity contribution in [2.24, 2.45) is 5.73 Å². The second-order valence-electron chi connectivity index (χ2n) is 7.31. The monoisotopic (exact) mass is 385 g/mol. The van der Waals surface area contributed by atoms with Gasteiger partial charge in [0.05, 0.1) is 22.3 Å². The number of anilines is 2. The zero-order valence-electron chi connectivity index (χ0n) is 15.0. The van der Waals surface area contributed by atoms with Gasteiger partial charge < -0.3 is 26.0 Å². The Bertz CT molecular complexity index is 857. The molecule has 1 aliphatic rings. The maximum Gasteiger partial charge on any atom is 0.419 e. The quantitative estimate of drug-likeness (QED) is 0.648. The van der Waals surface area contributed by atoms with Crippen molar-refractivity contribution in [2.75, 3.05) is 23.3 Å². The first-order valence-electron chi connectivity index (χ1n) is 8.60. The van der Waals surface area contributed by atoms with Gasteiger partial charge in [-0.2, -0.15) is 13.2 Å². The number of aromatic nitrogens is 2. The normalized spacial score (nSPS) is 18.8. The zero-order chi connectivity index (χ0) is 20.0. The number of piperidine rings is 1. The van der Waals surface area contributed by atoms with E-state index in [1.807, 2.05) is 0 Å². The standard InChI is InChI=1S/C17H22F3N5O2/c1-16(2,27)15(26)24-11-7-23-14-12(11)13(10(6-22-14)17(18,19)20)25-5-3-4-9(21)8-25/h6-7,9,27H,3-5,8,21H2,1-2H3,(H,22,23)(H,24,26)/t9-/m1/s1. The van der Waals surface area contributed by atoms with Crippen LogP contribution in [0.2, 0.25) is 0 Å². The van der Waals surface area contributed by atoms with Crippen molar-refractivity contribution in [3.63, 3.8) is 0 Å². The van der Waals surface area contributed by atoms with Crippen LogP contribution in [0.5, 0.6) is 0 Å². The van der Waals surface area contributed by atoms with Crippen LogP contribution in [0.3, 0.4) is 0 Å². The lowest BCUT2D eigenvalue weighted by molar-refractivity contribution is -0.137. The van der Waals surface area contributed by atoms with Crippen LogP contribution < -0.4 is 16.0 Å². The molecule has 7 nitrogen and oxygen atoms in total. The summed E-state index contributed by atoms with van der Waals surface area (Å²) in [6.07, 6.45) is -1.06. The molecule has 2 aromatic rings. The van der Waals surface area contributed by atoms with Gasteiger partial charge in [-0.25, -0.2) is 4.98 Å². The fourth-order valence-electron chi connectivity index (χ4n) is 3.20. The largest absolute Gasteiger partial charge is 0.419 e. The van der Waals surface area contributed by atoms with Gasteiger partial charge in [0, 0.05) is 31.5 Å². The third kappa shape index (κ3) is 3.86. The van der Waals surface area contributed by atoms with Crippen LogP contribution in [0.1, 0.15) is 32.3 Å². The molecule has 2 aromatic heterocycles. The van der Waals surface area contributed by atoms with Crippen molar-refractivity contribution in [2.45, 2.75) is 44.5 Å². The Morgan fingerprint density at radius 2 is 2.15 bits per heavy atom. The highest BCUT2D eigenvalue weighted by molar-refractivity contribution is 6.08. The van der Waals surface area contributed by atoms with E-state index in [-0.39, 0.29) is 35.0 Å². The van der Waals surface area contributed by atoms with Gasteiger partial charge in [-0.1, -0.05) is 0 Å². The molecule has 1 atom stereocenters. The molecule has 0 saturated carbocycles. The Labute approximate surface area is 153 Å². The molecular formula is C17H22F3N5O2. The number of nitrogens with two attached hydrogens (primary N) is 1. The molecule has 3 heterocycles. The lowest BCUT2D eigenvalue weighted by Crippen LogP contribution is -2.43. The minimum Gasteiger partial charge on any atom is -0.381 e. The van der Waals surface area contributed by atoms with Crippen LogP contribution in [-0.2, 0) is 11.0 Å². The van der Waals surface area contributed by atoms with Gasteiger partial charge in [-0.05, 0) is 26.7 Å². The number of fused-ring (bicyclic) bond motifs is 1. The number of amides is 1. The lowest BCUT2D eigenvalue weighted by atomic mass is 10.0. The Morgan fingerprint density at radius 1 is 1.44 bits per heavy atom. The predicted molar refractivity (Wildman–Crippen MR) is 95.4 cm³/mol. The number of rotatable bonds is 3. The van der Waals surface area contributed by atoms with Gasteiger partial charge in [0.2, 0.25) is 0 Å². The second-order valence-corrected chi connectivity index (χ2v) is 7.31. The zero-order valence-corrected chi connectivity index (χ0v) is 15.0. The molecular weight excluding hydrogens is 363 g/mol. The first kappa shape index (κ1) is 19.4. The Morgan fingerprint density at radius 3 is 2.74 bits per heavy atom. The lowest BCUT2D eigenvalue weighted by Gasteiger charge is -2.34. The van der Waals surface area contributed by atoms with Crippen LogP contribution in [0.4, 0.5) is 24.5 Å². The van der Waals surface area contributed by atoms with Crippen molar-refractivity contribution in [1.29, 1.82) is 0 Å². The molecule has 1 aliphatic heterocycles. The third-order valence-electron chi connectivity index (χ3n) is 4.56. The highest BCUT2D eigenvalue weighted by Crippen LogP contribution is 2.43. The van der Waals surface area contributed by atoms with Crippen molar-refractivity contribution in [3.05, 3.63) is 18.0 Å². The summed E-state index contributed by atoms with van der Waals surface area (Å²) in [5, 5.41) is 12.5. The molecule has 0 aliphatic carbocycles. The number of aromatic amines is 1. The number of hydrogen-bond acceptors (Lipinski definition) is 5. The summed E-state index contributed by atoms with van der Waals surface area (Å²) in [7, 11) is 0. The molecule has 1 fully saturated rings. The number of hydrogen-bond donors (Lipinski definition) is 4. The fourth-order valence-corrected chi connectivity index (χ4v) is 3.20. The van der Waals surface area contributed by atoms with Crippen LogP contribution in [0.15, 0.2) is 12.4 Å². The summed E-state index contributed by atoms with van der Waals surface area (Å²) in [5.74, 6) is -0.734. The molecule has 3 rings (SSSR count). The van der Waals surface area contributed by atoms with E-state index in [2.05, 4.69) is 15.3 Å². The summed E-state index contributed by atoms with van der Waals surface area (Å²) in [5.41, 5.74) is 3.67. The predicted octanol–water partition coefficient (Wildman–Crippen LogP) is 2.22. The number of pyridine rings is 1. The van der Waals surface area contributed by atoms with E-state index in [9.17, 15) is 23.1 Å².